The summed E-state index contributed by atoms with van der Waals surface area (Å²) in [6.45, 7) is 0. The molecule has 1 aromatic carbocycles. The van der Waals surface area contributed by atoms with Gasteiger partial charge in [-0.2, -0.15) is 4.99 Å². The highest BCUT2D eigenvalue weighted by Gasteiger charge is 2.57. The summed E-state index contributed by atoms with van der Waals surface area (Å²) in [6, 6.07) is 10.2. The minimum absolute atomic E-state index is 0. The van der Waals surface area contributed by atoms with E-state index >= 15 is 0 Å². The van der Waals surface area contributed by atoms with E-state index in [2.05, 4.69) is 15.3 Å². The number of anilines is 1. The molecule has 0 unspecified atom stereocenters. The van der Waals surface area contributed by atoms with Crippen molar-refractivity contribution in [1.29, 1.82) is 0 Å². The lowest BCUT2D eigenvalue weighted by atomic mass is 10.1. The first-order valence-electron chi connectivity index (χ1n) is 7.65. The van der Waals surface area contributed by atoms with E-state index in [0.717, 1.165) is 11.8 Å². The van der Waals surface area contributed by atoms with Gasteiger partial charge in [0, 0.05) is 20.1 Å². The van der Waals surface area contributed by atoms with Crippen LogP contribution in [0.3, 0.4) is 0 Å². The van der Waals surface area contributed by atoms with E-state index in [1.54, 1.807) is 24.3 Å². The van der Waals surface area contributed by atoms with Crippen LogP contribution < -0.4 is 11.1 Å². The van der Waals surface area contributed by atoms with Gasteiger partial charge in [0.15, 0.2) is 0 Å². The predicted octanol–water partition coefficient (Wildman–Crippen LogP) is 3.72. The van der Waals surface area contributed by atoms with E-state index in [1.165, 1.54) is 24.5 Å². The molecule has 8 heteroatoms. The fourth-order valence-corrected chi connectivity index (χ4v) is 2.08. The van der Waals surface area contributed by atoms with Crippen molar-refractivity contribution in [1.82, 2.24) is 4.98 Å². The summed E-state index contributed by atoms with van der Waals surface area (Å²) in [7, 11) is 0. The minimum Gasteiger partial charge on any atom is -0.384 e. The Balaban J connectivity index is 0.000000270. The molecule has 1 fully saturated rings. The number of alkyl halides is 2. The van der Waals surface area contributed by atoms with Crippen molar-refractivity contribution >= 4 is 17.9 Å². The minimum atomic E-state index is -2.43. The van der Waals surface area contributed by atoms with E-state index in [1.807, 2.05) is 6.07 Å². The van der Waals surface area contributed by atoms with E-state index in [0.29, 0.717) is 12.1 Å². The van der Waals surface area contributed by atoms with Gasteiger partial charge < -0.3 is 11.1 Å². The first kappa shape index (κ1) is 19.2. The molecule has 5 nitrogen and oxygen atoms in total. The highest BCUT2D eigenvalue weighted by Crippen LogP contribution is 2.55. The average molecular weight is 364 g/mol. The van der Waals surface area contributed by atoms with Crippen molar-refractivity contribution in [2.75, 3.05) is 5.32 Å². The molecule has 2 aromatic rings. The topological polar surface area (TPSA) is 80.4 Å². The molecule has 1 atom stereocenters. The molecule has 0 spiro atoms. The maximum Gasteiger partial charge on any atom is 0.255 e. The summed E-state index contributed by atoms with van der Waals surface area (Å²) in [4.78, 5) is 16.8. The number of aromatic nitrogens is 1. The van der Waals surface area contributed by atoms with Crippen LogP contribution in [0.25, 0.3) is 0 Å². The molecule has 1 heterocycles. The molecule has 1 saturated carbocycles. The zero-order valence-electron chi connectivity index (χ0n) is 13.6. The fourth-order valence-electron chi connectivity index (χ4n) is 2.08. The zero-order chi connectivity index (χ0) is 19.0. The van der Waals surface area contributed by atoms with Crippen LogP contribution >= 0.6 is 0 Å². The van der Waals surface area contributed by atoms with Crippen LogP contribution in [0.5, 0.6) is 0 Å². The van der Waals surface area contributed by atoms with Gasteiger partial charge in [-0.15, -0.1) is 0 Å². The Hall–Kier alpha value is -3.16. The Bertz CT molecular complexity index is 800. The quantitative estimate of drug-likeness (QED) is 0.481. The second-order valence-electron chi connectivity index (χ2n) is 5.46. The van der Waals surface area contributed by atoms with E-state index in [4.69, 9.17) is 5.73 Å². The molecule has 1 aromatic heterocycles. The third-order valence-corrected chi connectivity index (χ3v) is 3.44. The first-order valence-corrected chi connectivity index (χ1v) is 7.65. The van der Waals surface area contributed by atoms with Crippen molar-refractivity contribution in [2.45, 2.75) is 18.3 Å². The van der Waals surface area contributed by atoms with Gasteiger partial charge in [-0.25, -0.2) is 13.2 Å². The SMILES string of the molecule is FC1(F)C[C@@H]1c1ccccc1.NC(/C=C\Nc1cncc(F)c1)=NC=O.[HH]. The highest BCUT2D eigenvalue weighted by molar-refractivity contribution is 5.95. The molecule has 1 aliphatic carbocycles. The Kier molecular flexibility index (Phi) is 6.48. The first-order chi connectivity index (χ1) is 12.4. The number of carbonyl (C=O) groups excluding carboxylic acids is 1. The molecule has 3 N–H and O–H groups in total. The van der Waals surface area contributed by atoms with Crippen molar-refractivity contribution < 1.29 is 19.4 Å². The average Bonchev–Trinajstić information content (AvgIpc) is 3.25. The maximum absolute atomic E-state index is 12.7. The Labute approximate surface area is 150 Å². The number of rotatable bonds is 5. The number of amides is 1. The number of nitrogens with zero attached hydrogens (tertiary/aromatic N) is 2. The van der Waals surface area contributed by atoms with Gasteiger partial charge in [-0.1, -0.05) is 30.3 Å². The number of hydrogen-bond donors (Lipinski definition) is 2. The summed E-state index contributed by atoms with van der Waals surface area (Å²) in [5, 5.41) is 2.71. The predicted molar refractivity (Wildman–Crippen MR) is 95.5 cm³/mol. The van der Waals surface area contributed by atoms with Crippen molar-refractivity contribution in [2.24, 2.45) is 10.7 Å². The van der Waals surface area contributed by atoms with Crippen LogP contribution in [0.15, 0.2) is 66.1 Å². The standard InChI is InChI=1S/C9H8F2.C9H9FN4O.H2/c10-9(11)6-8(9)7-4-2-1-3-5-7;10-7-3-8(5-12-4-7)13-2-1-9(11)14-6-15;/h1-5,8H,6H2;1-6,13H,(H2,11,14,15);1H/b;2-1-;/t8-;;/m1../s1. The van der Waals surface area contributed by atoms with Crippen LogP contribution in [0, 0.1) is 5.82 Å². The van der Waals surface area contributed by atoms with E-state index in [-0.39, 0.29) is 13.7 Å². The van der Waals surface area contributed by atoms with Crippen molar-refractivity contribution in [3.8, 4) is 0 Å². The number of nitrogens with two attached hydrogens (primary N) is 1. The molecule has 3 rings (SSSR count). The third-order valence-electron chi connectivity index (χ3n) is 3.44. The highest BCUT2D eigenvalue weighted by atomic mass is 19.3. The lowest BCUT2D eigenvalue weighted by Gasteiger charge is -1.98. The summed E-state index contributed by atoms with van der Waals surface area (Å²) < 4.78 is 37.6. The number of aliphatic imine (C=N–C) groups is 1. The molecule has 0 saturated heterocycles. The maximum atomic E-state index is 12.7. The molecule has 26 heavy (non-hydrogen) atoms. The number of halogens is 3. The molecular weight excluding hydrogens is 345 g/mol. The van der Waals surface area contributed by atoms with Crippen molar-refractivity contribution in [3.63, 3.8) is 0 Å². The van der Waals surface area contributed by atoms with Gasteiger partial charge >= 0.3 is 0 Å². The van der Waals surface area contributed by atoms with Gasteiger partial charge in [0.05, 0.1) is 24.0 Å². The normalized spacial score (nSPS) is 18.0. The fraction of sp³-hybridized carbons (Fsp3) is 0.167. The molecule has 1 amide bonds. The monoisotopic (exact) mass is 364 g/mol. The van der Waals surface area contributed by atoms with Gasteiger partial charge in [0.1, 0.15) is 11.7 Å². The van der Waals surface area contributed by atoms with Gasteiger partial charge in [0.2, 0.25) is 6.41 Å². The lowest BCUT2D eigenvalue weighted by Crippen LogP contribution is -2.08. The van der Waals surface area contributed by atoms with Crippen LogP contribution in [0.2, 0.25) is 0 Å². The van der Waals surface area contributed by atoms with Crippen LogP contribution in [-0.4, -0.2) is 23.2 Å². The van der Waals surface area contributed by atoms with Gasteiger partial charge in [-0.05, 0) is 11.6 Å². The number of hydrogen-bond acceptors (Lipinski definition) is 3. The summed E-state index contributed by atoms with van der Waals surface area (Å²) in [5.41, 5.74) is 6.52. The summed E-state index contributed by atoms with van der Waals surface area (Å²) in [6.07, 6.45) is 5.70. The molecule has 0 aliphatic heterocycles. The van der Waals surface area contributed by atoms with E-state index < -0.39 is 17.7 Å². The Morgan fingerprint density at radius 1 is 1.35 bits per heavy atom. The summed E-state index contributed by atoms with van der Waals surface area (Å²) >= 11 is 0. The summed E-state index contributed by atoms with van der Waals surface area (Å²) in [5.74, 6) is -3.32. The van der Waals surface area contributed by atoms with Gasteiger partial charge in [-0.3, -0.25) is 9.78 Å². The van der Waals surface area contributed by atoms with Crippen LogP contribution in [-0.2, 0) is 4.79 Å². The molecule has 0 radical (unpaired) electrons. The number of amidine groups is 1. The third kappa shape index (κ3) is 6.04. The van der Waals surface area contributed by atoms with Crippen LogP contribution in [0.4, 0.5) is 18.9 Å². The number of benzene rings is 1. The smallest absolute Gasteiger partial charge is 0.255 e. The van der Waals surface area contributed by atoms with Crippen molar-refractivity contribution in [3.05, 3.63) is 72.4 Å². The second-order valence-corrected chi connectivity index (χ2v) is 5.46. The van der Waals surface area contributed by atoms with E-state index in [9.17, 15) is 18.0 Å². The molecule has 1 aliphatic rings. The Morgan fingerprint density at radius 3 is 2.62 bits per heavy atom. The van der Waals surface area contributed by atoms with Crippen LogP contribution in [0.1, 0.15) is 19.3 Å². The largest absolute Gasteiger partial charge is 0.384 e. The Morgan fingerprint density at radius 2 is 2.04 bits per heavy atom. The van der Waals surface area contributed by atoms with Gasteiger partial charge in [0.25, 0.3) is 5.92 Å². The number of carbonyl (C=O) groups is 1. The number of pyridine rings is 1. The molecule has 138 valence electrons. The number of nitrogens with one attached hydrogen (secondary N) is 1. The molecular formula is C18H19F3N4O. The zero-order valence-corrected chi connectivity index (χ0v) is 13.6. The lowest BCUT2D eigenvalue weighted by molar-refractivity contribution is -0.106. The molecule has 0 bridgehead atoms. The second kappa shape index (κ2) is 8.80.